The fraction of sp³-hybridized carbons (Fsp3) is 0.931. The fourth-order valence-electron chi connectivity index (χ4n) is 4.92. The number of unbranched alkanes of at least 4 members (excludes halogenated alkanes) is 17. The van der Waals surface area contributed by atoms with Crippen LogP contribution in [-0.2, 0) is 0 Å². The molecule has 0 radical (unpaired) electrons. The summed E-state index contributed by atoms with van der Waals surface area (Å²) in [7, 11) is 0. The summed E-state index contributed by atoms with van der Waals surface area (Å²) < 4.78 is 0. The normalized spacial score (nSPS) is 16.0. The average Bonchev–Trinajstić information content (AvgIpc) is 3.17. The summed E-state index contributed by atoms with van der Waals surface area (Å²) in [5.74, 6) is 0. The van der Waals surface area contributed by atoms with Gasteiger partial charge in [-0.3, -0.25) is 0 Å². The molecule has 0 fully saturated rings. The van der Waals surface area contributed by atoms with Crippen molar-refractivity contribution in [2.24, 2.45) is 0 Å². The maximum absolute atomic E-state index is 2.65. The van der Waals surface area contributed by atoms with Gasteiger partial charge >= 0.3 is 0 Å². The molecule has 1 aliphatic heterocycles. The molecule has 0 saturated carbocycles. The first-order valence-corrected chi connectivity index (χ1v) is 14.5. The minimum absolute atomic E-state index is 0.644. The first-order chi connectivity index (χ1) is 15.3. The van der Waals surface area contributed by atoms with Crippen LogP contribution < -0.4 is 0 Å². The standard InChI is InChI=1S/C29H58N2/c1-4-7-10-12-13-14-15-16-17-18-19-20-21-22-24-29-30(25-9-6-3)27-28-31(29)26-23-11-8-5-2/h27-29H,4-26H2,1-3H3. The van der Waals surface area contributed by atoms with Gasteiger partial charge in [0.1, 0.15) is 6.17 Å². The second-order valence-electron chi connectivity index (χ2n) is 10.1. The largest absolute Gasteiger partial charge is 0.356 e. The predicted octanol–water partition coefficient (Wildman–Crippen LogP) is 9.65. The second kappa shape index (κ2) is 21.2. The second-order valence-corrected chi connectivity index (χ2v) is 10.1. The highest BCUT2D eigenvalue weighted by Gasteiger charge is 2.24. The summed E-state index contributed by atoms with van der Waals surface area (Å²) >= 11 is 0. The molecule has 1 rings (SSSR count). The highest BCUT2D eigenvalue weighted by atomic mass is 15.4. The Morgan fingerprint density at radius 3 is 1.23 bits per heavy atom. The molecule has 2 heteroatoms. The van der Waals surface area contributed by atoms with E-state index in [-0.39, 0.29) is 0 Å². The number of rotatable bonds is 23. The van der Waals surface area contributed by atoms with Crippen molar-refractivity contribution < 1.29 is 0 Å². The molecule has 1 unspecified atom stereocenters. The summed E-state index contributed by atoms with van der Waals surface area (Å²) in [6, 6.07) is 0. The molecule has 0 aromatic heterocycles. The third-order valence-electron chi connectivity index (χ3n) is 7.07. The quantitative estimate of drug-likeness (QED) is 0.148. The lowest BCUT2D eigenvalue weighted by Gasteiger charge is -2.33. The van der Waals surface area contributed by atoms with Crippen LogP contribution in [0.4, 0.5) is 0 Å². The zero-order chi connectivity index (χ0) is 22.4. The van der Waals surface area contributed by atoms with Crippen molar-refractivity contribution in [3.05, 3.63) is 12.4 Å². The molecule has 0 bridgehead atoms. The molecule has 184 valence electrons. The van der Waals surface area contributed by atoms with E-state index in [4.69, 9.17) is 0 Å². The molecule has 0 aromatic carbocycles. The van der Waals surface area contributed by atoms with Gasteiger partial charge in [0, 0.05) is 25.5 Å². The Morgan fingerprint density at radius 1 is 0.419 bits per heavy atom. The number of hydrogen-bond acceptors (Lipinski definition) is 2. The Balaban J connectivity index is 2.05. The van der Waals surface area contributed by atoms with E-state index in [2.05, 4.69) is 43.0 Å². The first-order valence-electron chi connectivity index (χ1n) is 14.5. The molecule has 0 aromatic rings. The van der Waals surface area contributed by atoms with Crippen LogP contribution in [-0.4, -0.2) is 29.1 Å². The molecule has 0 N–H and O–H groups in total. The van der Waals surface area contributed by atoms with Gasteiger partial charge in [-0.05, 0) is 25.7 Å². The van der Waals surface area contributed by atoms with E-state index in [1.54, 1.807) is 0 Å². The van der Waals surface area contributed by atoms with Crippen LogP contribution in [0.2, 0.25) is 0 Å². The molecule has 0 spiro atoms. The van der Waals surface area contributed by atoms with Crippen molar-refractivity contribution in [1.29, 1.82) is 0 Å². The summed E-state index contributed by atoms with van der Waals surface area (Å²) in [5.41, 5.74) is 0. The van der Waals surface area contributed by atoms with Crippen LogP contribution in [0.15, 0.2) is 12.4 Å². The lowest BCUT2D eigenvalue weighted by molar-refractivity contribution is 0.136. The molecule has 0 saturated heterocycles. The maximum Gasteiger partial charge on any atom is 0.101 e. The lowest BCUT2D eigenvalue weighted by Crippen LogP contribution is -2.39. The van der Waals surface area contributed by atoms with Crippen molar-refractivity contribution >= 4 is 0 Å². The van der Waals surface area contributed by atoms with Crippen LogP contribution in [0.25, 0.3) is 0 Å². The van der Waals surface area contributed by atoms with E-state index < -0.39 is 0 Å². The van der Waals surface area contributed by atoms with E-state index in [0.29, 0.717) is 6.17 Å². The predicted molar refractivity (Wildman–Crippen MR) is 140 cm³/mol. The number of nitrogens with zero attached hydrogens (tertiary/aromatic N) is 2. The zero-order valence-electron chi connectivity index (χ0n) is 21.9. The highest BCUT2D eigenvalue weighted by Crippen LogP contribution is 2.23. The smallest absolute Gasteiger partial charge is 0.101 e. The van der Waals surface area contributed by atoms with Gasteiger partial charge in [-0.15, -0.1) is 0 Å². The van der Waals surface area contributed by atoms with Crippen LogP contribution >= 0.6 is 0 Å². The minimum Gasteiger partial charge on any atom is -0.356 e. The Morgan fingerprint density at radius 2 is 0.774 bits per heavy atom. The Labute approximate surface area is 197 Å². The molecule has 1 heterocycles. The molecule has 1 aliphatic rings. The third-order valence-corrected chi connectivity index (χ3v) is 7.07. The molecule has 2 nitrogen and oxygen atoms in total. The van der Waals surface area contributed by atoms with E-state index in [1.807, 2.05) is 0 Å². The average molecular weight is 435 g/mol. The molecule has 0 amide bonds. The van der Waals surface area contributed by atoms with Crippen molar-refractivity contribution in [3.8, 4) is 0 Å². The fourth-order valence-corrected chi connectivity index (χ4v) is 4.92. The minimum atomic E-state index is 0.644. The van der Waals surface area contributed by atoms with Gasteiger partial charge in [-0.1, -0.05) is 130 Å². The SMILES string of the molecule is CCCCCCCCCCCCCCCCC1N(CCCC)C=CN1CCCCCC. The van der Waals surface area contributed by atoms with Crippen molar-refractivity contribution in [1.82, 2.24) is 9.80 Å². The maximum atomic E-state index is 2.65. The van der Waals surface area contributed by atoms with E-state index in [0.717, 1.165) is 0 Å². The molecule has 31 heavy (non-hydrogen) atoms. The van der Waals surface area contributed by atoms with Crippen molar-refractivity contribution in [3.63, 3.8) is 0 Å². The van der Waals surface area contributed by atoms with Crippen LogP contribution in [0.5, 0.6) is 0 Å². The van der Waals surface area contributed by atoms with Crippen molar-refractivity contribution in [2.75, 3.05) is 13.1 Å². The summed E-state index contributed by atoms with van der Waals surface area (Å²) in [4.78, 5) is 5.28. The monoisotopic (exact) mass is 434 g/mol. The third kappa shape index (κ3) is 14.9. The first kappa shape index (κ1) is 28.4. The van der Waals surface area contributed by atoms with Crippen LogP contribution in [0.1, 0.15) is 156 Å². The topological polar surface area (TPSA) is 6.48 Å². The van der Waals surface area contributed by atoms with Gasteiger partial charge < -0.3 is 9.80 Å². The van der Waals surface area contributed by atoms with Crippen LogP contribution in [0.3, 0.4) is 0 Å². The summed E-state index contributed by atoms with van der Waals surface area (Å²) in [5, 5.41) is 0. The van der Waals surface area contributed by atoms with Gasteiger partial charge in [0.25, 0.3) is 0 Å². The van der Waals surface area contributed by atoms with Gasteiger partial charge in [-0.25, -0.2) is 0 Å². The molecule has 0 aliphatic carbocycles. The van der Waals surface area contributed by atoms with Gasteiger partial charge in [0.15, 0.2) is 0 Å². The molecular weight excluding hydrogens is 376 g/mol. The lowest BCUT2D eigenvalue weighted by atomic mass is 10.0. The van der Waals surface area contributed by atoms with Crippen molar-refractivity contribution in [2.45, 2.75) is 162 Å². The number of hydrogen-bond donors (Lipinski definition) is 0. The zero-order valence-corrected chi connectivity index (χ0v) is 21.9. The van der Waals surface area contributed by atoms with E-state index in [9.17, 15) is 0 Å². The summed E-state index contributed by atoms with van der Waals surface area (Å²) in [6.07, 6.45) is 35.1. The molecular formula is C29H58N2. The van der Waals surface area contributed by atoms with Gasteiger partial charge in [-0.2, -0.15) is 0 Å². The van der Waals surface area contributed by atoms with Crippen LogP contribution in [0, 0.1) is 0 Å². The highest BCUT2D eigenvalue weighted by molar-refractivity contribution is 4.96. The van der Waals surface area contributed by atoms with Gasteiger partial charge in [0.2, 0.25) is 0 Å². The molecule has 1 atom stereocenters. The Kier molecular flexibility index (Phi) is 19.4. The van der Waals surface area contributed by atoms with Gasteiger partial charge in [0.05, 0.1) is 0 Å². The van der Waals surface area contributed by atoms with E-state index >= 15 is 0 Å². The summed E-state index contributed by atoms with van der Waals surface area (Å²) in [6.45, 7) is 9.41. The Bertz CT molecular complexity index is 392. The van der Waals surface area contributed by atoms with E-state index in [1.165, 1.54) is 148 Å². The Hall–Kier alpha value is -0.660.